The molecule has 18 heavy (non-hydrogen) atoms. The molecular weight excluding hydrogens is 230 g/mol. The van der Waals surface area contributed by atoms with E-state index in [4.69, 9.17) is 10.5 Å². The molecule has 1 aliphatic heterocycles. The largest absolute Gasteiger partial charge is 0.378 e. The van der Waals surface area contributed by atoms with Crippen molar-refractivity contribution in [2.24, 2.45) is 5.73 Å². The van der Waals surface area contributed by atoms with Gasteiger partial charge in [0.15, 0.2) is 0 Å². The Hall–Kier alpha value is -0.650. The number of hydrogen-bond acceptors (Lipinski definition) is 4. The van der Waals surface area contributed by atoms with E-state index in [1.807, 2.05) is 6.92 Å². The van der Waals surface area contributed by atoms with Crippen LogP contribution in [0.25, 0.3) is 0 Å². The Morgan fingerprint density at radius 3 is 2.83 bits per heavy atom. The van der Waals surface area contributed by atoms with Crippen LogP contribution < -0.4 is 11.1 Å². The molecule has 1 amide bonds. The molecule has 0 bridgehead atoms. The number of ether oxygens (including phenoxy) is 1. The number of nitrogens with one attached hydrogen (secondary N) is 1. The minimum Gasteiger partial charge on any atom is -0.378 e. The molecule has 0 aromatic heterocycles. The van der Waals surface area contributed by atoms with Gasteiger partial charge in [-0.2, -0.15) is 0 Å². The molecule has 1 saturated heterocycles. The first kappa shape index (κ1) is 13.8. The summed E-state index contributed by atoms with van der Waals surface area (Å²) in [6.07, 6.45) is 3.35. The number of nitrogens with two attached hydrogens (primary N) is 1. The number of morpholine rings is 1. The Labute approximate surface area is 109 Å². The Balaban J connectivity index is 1.99. The molecule has 5 heteroatoms. The van der Waals surface area contributed by atoms with Crippen molar-refractivity contribution in [1.29, 1.82) is 0 Å². The number of hydrogen-bond donors (Lipinski definition) is 2. The van der Waals surface area contributed by atoms with Gasteiger partial charge in [-0.25, -0.2) is 0 Å². The van der Waals surface area contributed by atoms with Crippen LogP contribution in [0, 0.1) is 0 Å². The average Bonchev–Trinajstić information content (AvgIpc) is 3.13. The fourth-order valence-corrected chi connectivity index (χ4v) is 2.55. The van der Waals surface area contributed by atoms with Gasteiger partial charge in [-0.15, -0.1) is 0 Å². The molecule has 0 aromatic carbocycles. The SMILES string of the molecule is CCC1COCCN1CC(C)(NC1CC1)C(N)=O. The van der Waals surface area contributed by atoms with Gasteiger partial charge in [0.2, 0.25) is 5.91 Å². The van der Waals surface area contributed by atoms with Crippen molar-refractivity contribution in [2.45, 2.75) is 50.7 Å². The van der Waals surface area contributed by atoms with Crippen LogP contribution in [0.4, 0.5) is 0 Å². The maximum Gasteiger partial charge on any atom is 0.238 e. The summed E-state index contributed by atoms with van der Waals surface area (Å²) in [4.78, 5) is 14.1. The first-order chi connectivity index (χ1) is 8.55. The maximum absolute atomic E-state index is 11.8. The molecule has 0 radical (unpaired) electrons. The summed E-state index contributed by atoms with van der Waals surface area (Å²) in [5.41, 5.74) is 4.97. The lowest BCUT2D eigenvalue weighted by atomic mass is 9.98. The standard InChI is InChI=1S/C13H25N3O2/c1-3-11-8-18-7-6-16(11)9-13(2,12(14)17)15-10-4-5-10/h10-11,15H,3-9H2,1-2H3,(H2,14,17). The van der Waals surface area contributed by atoms with Crippen LogP contribution in [0.5, 0.6) is 0 Å². The van der Waals surface area contributed by atoms with Crippen molar-refractivity contribution >= 4 is 5.91 Å². The van der Waals surface area contributed by atoms with Gasteiger partial charge in [-0.3, -0.25) is 15.0 Å². The zero-order valence-electron chi connectivity index (χ0n) is 11.4. The molecule has 0 spiro atoms. The predicted octanol–water partition coefficient (Wildman–Crippen LogP) is 0.0932. The first-order valence-corrected chi connectivity index (χ1v) is 6.94. The lowest BCUT2D eigenvalue weighted by Gasteiger charge is -2.40. The molecule has 0 aromatic rings. The molecule has 2 rings (SSSR count). The van der Waals surface area contributed by atoms with Crippen LogP contribution in [0.3, 0.4) is 0 Å². The third-order valence-corrected chi connectivity index (χ3v) is 3.98. The van der Waals surface area contributed by atoms with Gasteiger partial charge >= 0.3 is 0 Å². The predicted molar refractivity (Wildman–Crippen MR) is 70.2 cm³/mol. The topological polar surface area (TPSA) is 67.6 Å². The number of primary amides is 1. The molecular formula is C13H25N3O2. The molecule has 2 fully saturated rings. The molecule has 2 unspecified atom stereocenters. The van der Waals surface area contributed by atoms with E-state index in [-0.39, 0.29) is 5.91 Å². The normalized spacial score (nSPS) is 28.9. The molecule has 1 heterocycles. The first-order valence-electron chi connectivity index (χ1n) is 6.94. The summed E-state index contributed by atoms with van der Waals surface area (Å²) >= 11 is 0. The Kier molecular flexibility index (Phi) is 4.25. The fraction of sp³-hybridized carbons (Fsp3) is 0.923. The summed E-state index contributed by atoms with van der Waals surface area (Å²) in [5, 5.41) is 3.40. The Bertz CT molecular complexity index is 307. The number of carbonyl (C=O) groups excluding carboxylic acids is 1. The van der Waals surface area contributed by atoms with E-state index in [9.17, 15) is 4.79 Å². The zero-order valence-corrected chi connectivity index (χ0v) is 11.4. The lowest BCUT2D eigenvalue weighted by Crippen LogP contribution is -2.62. The third-order valence-electron chi connectivity index (χ3n) is 3.98. The highest BCUT2D eigenvalue weighted by molar-refractivity contribution is 5.84. The van der Waals surface area contributed by atoms with Crippen molar-refractivity contribution in [1.82, 2.24) is 10.2 Å². The molecule has 2 atom stereocenters. The third kappa shape index (κ3) is 3.22. The van der Waals surface area contributed by atoms with Crippen molar-refractivity contribution in [2.75, 3.05) is 26.3 Å². The van der Waals surface area contributed by atoms with E-state index in [2.05, 4.69) is 17.1 Å². The molecule has 1 aliphatic carbocycles. The molecule has 5 nitrogen and oxygen atoms in total. The summed E-state index contributed by atoms with van der Waals surface area (Å²) in [5.74, 6) is -0.254. The second kappa shape index (κ2) is 5.55. The van der Waals surface area contributed by atoms with Crippen LogP contribution in [-0.4, -0.2) is 54.7 Å². The van der Waals surface area contributed by atoms with E-state index in [0.29, 0.717) is 18.6 Å². The number of amides is 1. The van der Waals surface area contributed by atoms with Crippen molar-refractivity contribution in [3.05, 3.63) is 0 Å². The summed E-state index contributed by atoms with van der Waals surface area (Å²) in [6, 6.07) is 0.877. The molecule has 1 saturated carbocycles. The average molecular weight is 255 g/mol. The van der Waals surface area contributed by atoms with Crippen LogP contribution in [-0.2, 0) is 9.53 Å². The second-order valence-corrected chi connectivity index (χ2v) is 5.72. The quantitative estimate of drug-likeness (QED) is 0.706. The smallest absolute Gasteiger partial charge is 0.238 e. The van der Waals surface area contributed by atoms with Crippen LogP contribution in [0.2, 0.25) is 0 Å². The minimum atomic E-state index is -0.619. The maximum atomic E-state index is 11.8. The van der Waals surface area contributed by atoms with Crippen LogP contribution >= 0.6 is 0 Å². The van der Waals surface area contributed by atoms with Gasteiger partial charge in [-0.1, -0.05) is 6.92 Å². The number of nitrogens with zero attached hydrogens (tertiary/aromatic N) is 1. The zero-order chi connectivity index (χ0) is 13.2. The van der Waals surface area contributed by atoms with E-state index in [1.54, 1.807) is 0 Å². The number of rotatable bonds is 6. The van der Waals surface area contributed by atoms with Crippen molar-refractivity contribution < 1.29 is 9.53 Å². The van der Waals surface area contributed by atoms with Gasteiger partial charge < -0.3 is 10.5 Å². The van der Waals surface area contributed by atoms with E-state index in [1.165, 1.54) is 0 Å². The highest BCUT2D eigenvalue weighted by Gasteiger charge is 2.39. The van der Waals surface area contributed by atoms with E-state index < -0.39 is 5.54 Å². The lowest BCUT2D eigenvalue weighted by molar-refractivity contribution is -0.126. The van der Waals surface area contributed by atoms with Gasteiger partial charge in [0.05, 0.1) is 13.2 Å². The fourth-order valence-electron chi connectivity index (χ4n) is 2.55. The highest BCUT2D eigenvalue weighted by Crippen LogP contribution is 2.24. The van der Waals surface area contributed by atoms with Crippen LogP contribution in [0.1, 0.15) is 33.1 Å². The minimum absolute atomic E-state index is 0.254. The molecule has 104 valence electrons. The van der Waals surface area contributed by atoms with Crippen molar-refractivity contribution in [3.63, 3.8) is 0 Å². The van der Waals surface area contributed by atoms with E-state index in [0.717, 1.165) is 39.0 Å². The van der Waals surface area contributed by atoms with Crippen molar-refractivity contribution in [3.8, 4) is 0 Å². The monoisotopic (exact) mass is 255 g/mol. The summed E-state index contributed by atoms with van der Waals surface area (Å²) < 4.78 is 5.49. The molecule has 2 aliphatic rings. The Morgan fingerprint density at radius 2 is 2.28 bits per heavy atom. The van der Waals surface area contributed by atoms with Gasteiger partial charge in [0.25, 0.3) is 0 Å². The molecule has 3 N–H and O–H groups in total. The summed E-state index contributed by atoms with van der Waals surface area (Å²) in [6.45, 7) is 7.15. The highest BCUT2D eigenvalue weighted by atomic mass is 16.5. The van der Waals surface area contributed by atoms with Gasteiger partial charge in [0, 0.05) is 25.2 Å². The number of carbonyl (C=O) groups is 1. The van der Waals surface area contributed by atoms with Crippen LogP contribution in [0.15, 0.2) is 0 Å². The second-order valence-electron chi connectivity index (χ2n) is 5.72. The van der Waals surface area contributed by atoms with E-state index >= 15 is 0 Å². The summed E-state index contributed by atoms with van der Waals surface area (Å²) in [7, 11) is 0. The van der Waals surface area contributed by atoms with Gasteiger partial charge in [-0.05, 0) is 26.2 Å². The Morgan fingerprint density at radius 1 is 1.56 bits per heavy atom. The van der Waals surface area contributed by atoms with Gasteiger partial charge in [0.1, 0.15) is 5.54 Å².